The van der Waals surface area contributed by atoms with E-state index in [1.807, 2.05) is 39.0 Å². The lowest BCUT2D eigenvalue weighted by atomic mass is 9.93. The zero-order valence-electron chi connectivity index (χ0n) is 19.8. The number of carbonyl (C=O) groups is 1. The van der Waals surface area contributed by atoms with Crippen LogP contribution in [0.15, 0.2) is 46.5 Å². The van der Waals surface area contributed by atoms with Crippen molar-refractivity contribution in [2.24, 2.45) is 10.1 Å². The van der Waals surface area contributed by atoms with Gasteiger partial charge >= 0.3 is 0 Å². The summed E-state index contributed by atoms with van der Waals surface area (Å²) in [5.41, 5.74) is 7.85. The van der Waals surface area contributed by atoms with Crippen molar-refractivity contribution in [3.05, 3.63) is 53.1 Å². The van der Waals surface area contributed by atoms with Gasteiger partial charge in [-0.1, -0.05) is 17.8 Å². The Bertz CT molecular complexity index is 1130. The Hall–Kier alpha value is -3.00. The number of hydrogen-bond acceptors (Lipinski definition) is 6. The van der Waals surface area contributed by atoms with Gasteiger partial charge in [0.25, 0.3) is 5.24 Å². The average molecular weight is 467 g/mol. The number of anilines is 1. The number of methoxy groups -OCH3 is 2. The van der Waals surface area contributed by atoms with Gasteiger partial charge in [-0.25, -0.2) is 5.43 Å². The molecule has 2 aliphatic rings. The number of aryl methyl sites for hydroxylation is 1. The van der Waals surface area contributed by atoms with Crippen LogP contribution in [0.5, 0.6) is 11.5 Å². The molecule has 0 aromatic heterocycles. The molecule has 7 nitrogen and oxygen atoms in total. The van der Waals surface area contributed by atoms with E-state index in [0.717, 1.165) is 59.2 Å². The molecule has 1 amide bonds. The number of hydrazone groups is 1. The second kappa shape index (κ2) is 9.47. The quantitative estimate of drug-likeness (QED) is 0.503. The number of ether oxygens (including phenoxy) is 2. The lowest BCUT2D eigenvalue weighted by Crippen LogP contribution is -2.39. The number of aliphatic imine (C=N–C) groups is 1. The summed E-state index contributed by atoms with van der Waals surface area (Å²) >= 11 is 1.27. The predicted octanol–water partition coefficient (Wildman–Crippen LogP) is 4.86. The maximum absolute atomic E-state index is 11.8. The van der Waals surface area contributed by atoms with Gasteiger partial charge < -0.3 is 14.4 Å². The molecule has 4 rings (SSSR count). The van der Waals surface area contributed by atoms with E-state index in [9.17, 15) is 4.79 Å². The molecule has 0 saturated carbocycles. The molecular formula is C25H30N4O3S. The number of amides is 1. The number of nitrogens with zero attached hydrogens (tertiary/aromatic N) is 3. The fourth-order valence-electron chi connectivity index (χ4n) is 4.36. The summed E-state index contributed by atoms with van der Waals surface area (Å²) in [6, 6.07) is 12.3. The van der Waals surface area contributed by atoms with Gasteiger partial charge in [0.05, 0.1) is 30.2 Å². The van der Waals surface area contributed by atoms with Crippen LogP contribution in [0.3, 0.4) is 0 Å². The zero-order valence-corrected chi connectivity index (χ0v) is 20.6. The number of benzene rings is 2. The fourth-order valence-corrected chi connectivity index (χ4v) is 5.18. The molecule has 8 heteroatoms. The number of fused-ring (bicyclic) bond motifs is 1. The second-order valence-corrected chi connectivity index (χ2v) is 10.0. The molecule has 33 heavy (non-hydrogen) atoms. The van der Waals surface area contributed by atoms with Gasteiger partial charge in [-0.3, -0.25) is 9.79 Å². The molecule has 1 N–H and O–H groups in total. The molecule has 0 spiro atoms. The first-order valence-electron chi connectivity index (χ1n) is 11.1. The minimum atomic E-state index is -0.393. The number of rotatable bonds is 5. The standard InChI is InChI=1S/C25H30N4O3S/c1-6-26-23(19-11-10-18(31-4)15-21(19)32-5)29-13-7-8-16-14-17(9-12-20(16)29)22-25(2,3)33-24(30)28-27-22/h9-12,14-15H,6-8,13H2,1-5H3,(H,28,30). The van der Waals surface area contributed by atoms with Gasteiger partial charge in [-0.05, 0) is 69.0 Å². The lowest BCUT2D eigenvalue weighted by Gasteiger charge is -2.34. The van der Waals surface area contributed by atoms with Crippen molar-refractivity contribution in [2.75, 3.05) is 32.2 Å². The largest absolute Gasteiger partial charge is 0.497 e. The third-order valence-corrected chi connectivity index (χ3v) is 6.84. The Kier molecular flexibility index (Phi) is 6.65. The van der Waals surface area contributed by atoms with Crippen molar-refractivity contribution in [3.63, 3.8) is 0 Å². The molecule has 0 fully saturated rings. The number of hydrogen-bond donors (Lipinski definition) is 1. The van der Waals surface area contributed by atoms with Crippen LogP contribution in [0.4, 0.5) is 10.5 Å². The maximum atomic E-state index is 11.8. The molecule has 0 bridgehead atoms. The summed E-state index contributed by atoms with van der Waals surface area (Å²) < 4.78 is 10.7. The van der Waals surface area contributed by atoms with E-state index in [-0.39, 0.29) is 5.24 Å². The first-order chi connectivity index (χ1) is 15.9. The van der Waals surface area contributed by atoms with Gasteiger partial charge in [0, 0.05) is 24.8 Å². The number of nitrogens with one attached hydrogen (secondary N) is 1. The van der Waals surface area contributed by atoms with E-state index in [4.69, 9.17) is 14.5 Å². The predicted molar refractivity (Wildman–Crippen MR) is 135 cm³/mol. The minimum Gasteiger partial charge on any atom is -0.497 e. The normalized spacial score (nSPS) is 17.7. The van der Waals surface area contributed by atoms with Crippen LogP contribution in [-0.2, 0) is 6.42 Å². The third kappa shape index (κ3) is 4.57. The number of carbonyl (C=O) groups excluding carboxylic acids is 1. The third-order valence-electron chi connectivity index (χ3n) is 5.86. The van der Waals surface area contributed by atoms with Gasteiger partial charge in [0.2, 0.25) is 0 Å². The van der Waals surface area contributed by atoms with Crippen LogP contribution in [0.1, 0.15) is 43.9 Å². The Labute approximate surface area is 199 Å². The summed E-state index contributed by atoms with van der Waals surface area (Å²) in [7, 11) is 3.32. The minimum absolute atomic E-state index is 0.123. The number of thioether (sulfide) groups is 1. The molecule has 0 radical (unpaired) electrons. The molecule has 174 valence electrons. The van der Waals surface area contributed by atoms with Gasteiger partial charge in [0.15, 0.2) is 0 Å². The summed E-state index contributed by atoms with van der Waals surface area (Å²) in [6.07, 6.45) is 1.99. The average Bonchev–Trinajstić information content (AvgIpc) is 2.81. The smallest absolute Gasteiger partial charge is 0.300 e. The highest BCUT2D eigenvalue weighted by Crippen LogP contribution is 2.36. The van der Waals surface area contributed by atoms with Gasteiger partial charge in [-0.2, -0.15) is 5.10 Å². The molecule has 2 aromatic carbocycles. The molecular weight excluding hydrogens is 436 g/mol. The van der Waals surface area contributed by atoms with E-state index in [1.165, 1.54) is 17.3 Å². The van der Waals surface area contributed by atoms with E-state index >= 15 is 0 Å². The zero-order chi connectivity index (χ0) is 23.6. The highest BCUT2D eigenvalue weighted by atomic mass is 32.2. The van der Waals surface area contributed by atoms with Crippen molar-refractivity contribution >= 4 is 34.2 Å². The van der Waals surface area contributed by atoms with Crippen LogP contribution in [0, 0.1) is 0 Å². The van der Waals surface area contributed by atoms with E-state index < -0.39 is 4.75 Å². The topological polar surface area (TPSA) is 75.5 Å². The summed E-state index contributed by atoms with van der Waals surface area (Å²) in [6.45, 7) is 7.64. The van der Waals surface area contributed by atoms with Crippen LogP contribution >= 0.6 is 11.8 Å². The molecule has 0 atom stereocenters. The Morgan fingerprint density at radius 3 is 2.73 bits per heavy atom. The summed E-state index contributed by atoms with van der Waals surface area (Å²) in [5, 5.41) is 4.26. The van der Waals surface area contributed by atoms with Crippen LogP contribution in [-0.4, -0.2) is 48.8 Å². The van der Waals surface area contributed by atoms with Gasteiger partial charge in [0.1, 0.15) is 17.3 Å². The molecule has 0 unspecified atom stereocenters. The Morgan fingerprint density at radius 1 is 1.21 bits per heavy atom. The maximum Gasteiger partial charge on any atom is 0.300 e. The molecule has 2 aromatic rings. The van der Waals surface area contributed by atoms with Crippen LogP contribution < -0.4 is 19.8 Å². The van der Waals surface area contributed by atoms with Crippen molar-refractivity contribution in [1.82, 2.24) is 5.43 Å². The monoisotopic (exact) mass is 466 g/mol. The first-order valence-corrected chi connectivity index (χ1v) is 11.9. The molecule has 0 aliphatic carbocycles. The van der Waals surface area contributed by atoms with Crippen molar-refractivity contribution in [3.8, 4) is 11.5 Å². The summed E-state index contributed by atoms with van der Waals surface area (Å²) in [5.74, 6) is 2.37. The lowest BCUT2D eigenvalue weighted by molar-refractivity contribution is 0.260. The first kappa shape index (κ1) is 23.2. The van der Waals surface area contributed by atoms with Crippen molar-refractivity contribution < 1.29 is 14.3 Å². The molecule has 0 saturated heterocycles. The highest BCUT2D eigenvalue weighted by Gasteiger charge is 2.35. The fraction of sp³-hybridized carbons (Fsp3) is 0.400. The molecule has 2 aliphatic heterocycles. The SMILES string of the molecule is CCN=C(c1ccc(OC)cc1OC)N1CCCc2cc(C3=NNC(=O)SC3(C)C)ccc21. The second-order valence-electron chi connectivity index (χ2n) is 8.43. The van der Waals surface area contributed by atoms with Crippen molar-refractivity contribution in [2.45, 2.75) is 38.4 Å². The molecule has 2 heterocycles. The van der Waals surface area contributed by atoms with Crippen LogP contribution in [0.2, 0.25) is 0 Å². The van der Waals surface area contributed by atoms with Gasteiger partial charge in [-0.15, -0.1) is 0 Å². The summed E-state index contributed by atoms with van der Waals surface area (Å²) in [4.78, 5) is 19.0. The Balaban J connectivity index is 1.75. The van der Waals surface area contributed by atoms with E-state index in [0.29, 0.717) is 6.54 Å². The van der Waals surface area contributed by atoms with Crippen LogP contribution in [0.25, 0.3) is 0 Å². The van der Waals surface area contributed by atoms with Crippen molar-refractivity contribution in [1.29, 1.82) is 0 Å². The van der Waals surface area contributed by atoms with E-state index in [2.05, 4.69) is 33.6 Å². The van der Waals surface area contributed by atoms with E-state index in [1.54, 1.807) is 14.2 Å². The highest BCUT2D eigenvalue weighted by molar-refractivity contribution is 8.15. The Morgan fingerprint density at radius 2 is 2.03 bits per heavy atom. The number of amidine groups is 1.